The van der Waals surface area contributed by atoms with E-state index in [1.54, 1.807) is 10.6 Å². The molecule has 0 radical (unpaired) electrons. The zero-order chi connectivity index (χ0) is 23.5. The Hall–Kier alpha value is -4.06. The molecule has 8 nitrogen and oxygen atoms in total. The molecule has 0 aliphatic rings. The zero-order valence-corrected chi connectivity index (χ0v) is 17.4. The van der Waals surface area contributed by atoms with Crippen molar-refractivity contribution in [1.29, 1.82) is 0 Å². The van der Waals surface area contributed by atoms with Gasteiger partial charge in [0.1, 0.15) is 28.5 Å². The number of para-hydroxylation sites is 1. The Morgan fingerprint density at radius 1 is 0.909 bits per heavy atom. The second kappa shape index (κ2) is 8.82. The van der Waals surface area contributed by atoms with Crippen molar-refractivity contribution >= 4 is 15.7 Å². The fraction of sp³-hybridized carbons (Fsp3) is 0.0476. The number of anilines is 1. The van der Waals surface area contributed by atoms with E-state index in [9.17, 15) is 21.6 Å². The maximum absolute atomic E-state index is 12.6. The summed E-state index contributed by atoms with van der Waals surface area (Å²) in [6.07, 6.45) is -0.0731. The predicted octanol–water partition coefficient (Wildman–Crippen LogP) is 4.76. The van der Waals surface area contributed by atoms with E-state index in [2.05, 4.69) is 19.4 Å². The quantitative estimate of drug-likeness (QED) is 0.413. The van der Waals surface area contributed by atoms with E-state index in [4.69, 9.17) is 4.74 Å². The molecule has 0 fully saturated rings. The highest BCUT2D eigenvalue weighted by Crippen LogP contribution is 2.31. The SMILES string of the molecule is O=S(=O)(Nc1ccc(Oc2cc(-n3cccc3)ncn2)cc1)c1ccccc1OC(F)(F)F. The second-order valence-corrected chi connectivity index (χ2v) is 8.18. The van der Waals surface area contributed by atoms with Crippen LogP contribution in [-0.4, -0.2) is 29.3 Å². The fourth-order valence-corrected chi connectivity index (χ4v) is 4.01. The lowest BCUT2D eigenvalue weighted by Crippen LogP contribution is -2.20. The van der Waals surface area contributed by atoms with E-state index in [0.29, 0.717) is 11.6 Å². The zero-order valence-electron chi connectivity index (χ0n) is 16.6. The monoisotopic (exact) mass is 476 g/mol. The summed E-state index contributed by atoms with van der Waals surface area (Å²) in [5.74, 6) is 0.380. The van der Waals surface area contributed by atoms with Gasteiger partial charge in [0.05, 0.1) is 0 Å². The number of hydrogen-bond acceptors (Lipinski definition) is 6. The molecule has 0 aliphatic heterocycles. The van der Waals surface area contributed by atoms with Crippen LogP contribution in [0.4, 0.5) is 18.9 Å². The molecule has 0 atom stereocenters. The van der Waals surface area contributed by atoms with Gasteiger partial charge in [-0.2, -0.15) is 0 Å². The first kappa shape index (κ1) is 22.1. The largest absolute Gasteiger partial charge is 0.573 e. The van der Waals surface area contributed by atoms with E-state index in [1.807, 2.05) is 24.5 Å². The molecule has 0 saturated heterocycles. The number of nitrogens with zero attached hydrogens (tertiary/aromatic N) is 3. The number of benzene rings is 2. The van der Waals surface area contributed by atoms with Crippen molar-refractivity contribution in [2.75, 3.05) is 4.72 Å². The molecule has 2 aromatic heterocycles. The number of rotatable bonds is 7. The van der Waals surface area contributed by atoms with Gasteiger partial charge in [0, 0.05) is 24.1 Å². The summed E-state index contributed by atoms with van der Waals surface area (Å²) in [6, 6.07) is 15.5. The van der Waals surface area contributed by atoms with E-state index < -0.39 is 27.0 Å². The molecule has 2 heterocycles. The number of aromatic nitrogens is 3. The van der Waals surface area contributed by atoms with Crippen molar-refractivity contribution in [3.05, 3.63) is 85.5 Å². The summed E-state index contributed by atoms with van der Waals surface area (Å²) in [6.45, 7) is 0. The van der Waals surface area contributed by atoms with E-state index in [1.165, 1.54) is 42.7 Å². The van der Waals surface area contributed by atoms with Crippen LogP contribution < -0.4 is 14.2 Å². The molecule has 4 rings (SSSR count). The summed E-state index contributed by atoms with van der Waals surface area (Å²) in [5.41, 5.74) is 0.111. The van der Waals surface area contributed by atoms with Gasteiger partial charge in [0.2, 0.25) is 5.88 Å². The van der Waals surface area contributed by atoms with Gasteiger partial charge in [0.15, 0.2) is 0 Å². The Bertz CT molecular complexity index is 1340. The van der Waals surface area contributed by atoms with Gasteiger partial charge in [-0.15, -0.1) is 13.2 Å². The van der Waals surface area contributed by atoms with Gasteiger partial charge in [-0.25, -0.2) is 18.4 Å². The van der Waals surface area contributed by atoms with Gasteiger partial charge >= 0.3 is 6.36 Å². The van der Waals surface area contributed by atoms with Crippen molar-refractivity contribution in [3.63, 3.8) is 0 Å². The average Bonchev–Trinajstić information content (AvgIpc) is 3.29. The molecular formula is C21H15F3N4O4S. The van der Waals surface area contributed by atoms with Crippen LogP contribution >= 0.6 is 0 Å². The molecule has 0 unspecified atom stereocenters. The van der Waals surface area contributed by atoms with E-state index in [0.717, 1.165) is 12.1 Å². The molecule has 170 valence electrons. The molecule has 0 amide bonds. The minimum atomic E-state index is -5.03. The number of alkyl halides is 3. The van der Waals surface area contributed by atoms with Crippen molar-refractivity contribution in [2.24, 2.45) is 0 Å². The van der Waals surface area contributed by atoms with Crippen LogP contribution in [0.2, 0.25) is 0 Å². The minimum Gasteiger partial charge on any atom is -0.439 e. The topological polar surface area (TPSA) is 95.3 Å². The van der Waals surface area contributed by atoms with Crippen LogP contribution in [0, 0.1) is 0 Å². The number of halogens is 3. The lowest BCUT2D eigenvalue weighted by Gasteiger charge is -2.14. The fourth-order valence-electron chi connectivity index (χ4n) is 2.82. The first-order valence-corrected chi connectivity index (χ1v) is 10.8. The maximum atomic E-state index is 12.6. The number of nitrogens with one attached hydrogen (secondary N) is 1. The summed E-state index contributed by atoms with van der Waals surface area (Å²) < 4.78 is 76.5. The number of ether oxygens (including phenoxy) is 2. The second-order valence-electron chi connectivity index (χ2n) is 6.53. The summed E-state index contributed by atoms with van der Waals surface area (Å²) >= 11 is 0. The number of hydrogen-bond donors (Lipinski definition) is 1. The Balaban J connectivity index is 1.49. The van der Waals surface area contributed by atoms with Gasteiger partial charge in [-0.1, -0.05) is 12.1 Å². The highest BCUT2D eigenvalue weighted by atomic mass is 32.2. The average molecular weight is 476 g/mol. The van der Waals surface area contributed by atoms with Crippen molar-refractivity contribution in [3.8, 4) is 23.2 Å². The van der Waals surface area contributed by atoms with E-state index in [-0.39, 0.29) is 11.6 Å². The molecule has 33 heavy (non-hydrogen) atoms. The lowest BCUT2D eigenvalue weighted by atomic mass is 10.3. The lowest BCUT2D eigenvalue weighted by molar-refractivity contribution is -0.275. The predicted molar refractivity (Wildman–Crippen MR) is 112 cm³/mol. The van der Waals surface area contributed by atoms with Crippen LogP contribution in [0.15, 0.2) is 90.3 Å². The molecule has 2 aromatic carbocycles. The molecule has 0 bridgehead atoms. The molecule has 0 spiro atoms. The summed E-state index contributed by atoms with van der Waals surface area (Å²) in [4.78, 5) is 7.54. The molecule has 0 saturated carbocycles. The van der Waals surface area contributed by atoms with Crippen molar-refractivity contribution in [2.45, 2.75) is 11.3 Å². The smallest absolute Gasteiger partial charge is 0.439 e. The van der Waals surface area contributed by atoms with Gasteiger partial charge in [-0.3, -0.25) is 4.72 Å². The molecular weight excluding hydrogens is 461 g/mol. The van der Waals surface area contributed by atoms with Gasteiger partial charge in [-0.05, 0) is 48.5 Å². The normalized spacial score (nSPS) is 11.7. The van der Waals surface area contributed by atoms with Crippen LogP contribution in [0.1, 0.15) is 0 Å². The number of sulfonamides is 1. The highest BCUT2D eigenvalue weighted by Gasteiger charge is 2.34. The Morgan fingerprint density at radius 2 is 1.61 bits per heavy atom. The maximum Gasteiger partial charge on any atom is 0.573 e. The van der Waals surface area contributed by atoms with Crippen LogP contribution in [-0.2, 0) is 10.0 Å². The van der Waals surface area contributed by atoms with Crippen molar-refractivity contribution in [1.82, 2.24) is 14.5 Å². The molecule has 0 aliphatic carbocycles. The standard InChI is InChI=1S/C21H15F3N4O4S/c22-21(23,24)32-17-5-1-2-6-18(17)33(29,30)27-15-7-9-16(10-8-15)31-20-13-19(25-14-26-20)28-11-3-4-12-28/h1-14,27H. The van der Waals surface area contributed by atoms with E-state index >= 15 is 0 Å². The minimum absolute atomic E-state index is 0.111. The highest BCUT2D eigenvalue weighted by molar-refractivity contribution is 7.92. The Morgan fingerprint density at radius 3 is 2.30 bits per heavy atom. The van der Waals surface area contributed by atoms with Crippen LogP contribution in [0.3, 0.4) is 0 Å². The van der Waals surface area contributed by atoms with Crippen molar-refractivity contribution < 1.29 is 31.1 Å². The molecule has 1 N–H and O–H groups in total. The Kier molecular flexibility index (Phi) is 5.92. The first-order chi connectivity index (χ1) is 15.7. The van der Waals surface area contributed by atoms with Gasteiger partial charge < -0.3 is 14.0 Å². The third kappa shape index (κ3) is 5.60. The van der Waals surface area contributed by atoms with Crippen LogP contribution in [0.25, 0.3) is 5.82 Å². The summed E-state index contributed by atoms with van der Waals surface area (Å²) in [5, 5.41) is 0. The summed E-state index contributed by atoms with van der Waals surface area (Å²) in [7, 11) is -4.36. The first-order valence-electron chi connectivity index (χ1n) is 9.30. The third-order valence-electron chi connectivity index (χ3n) is 4.19. The third-order valence-corrected chi connectivity index (χ3v) is 5.61. The molecule has 4 aromatic rings. The Labute approximate surface area is 186 Å². The van der Waals surface area contributed by atoms with Crippen LogP contribution in [0.5, 0.6) is 17.4 Å². The van der Waals surface area contributed by atoms with Gasteiger partial charge in [0.25, 0.3) is 10.0 Å². The molecule has 12 heteroatoms.